The molecule has 1 aromatic heterocycles. The van der Waals surface area contributed by atoms with Gasteiger partial charge in [-0.2, -0.15) is 0 Å². The Morgan fingerprint density at radius 2 is 2.24 bits per heavy atom. The molecule has 0 amide bonds. The second-order valence-electron chi connectivity index (χ2n) is 4.88. The highest BCUT2D eigenvalue weighted by Gasteiger charge is 2.20. The highest BCUT2D eigenvalue weighted by atomic mass is 16.1. The molecule has 0 N–H and O–H groups in total. The van der Waals surface area contributed by atoms with Gasteiger partial charge in [-0.25, -0.2) is 4.98 Å². The van der Waals surface area contributed by atoms with E-state index in [4.69, 9.17) is 0 Å². The van der Waals surface area contributed by atoms with Crippen LogP contribution in [0.25, 0.3) is 0 Å². The predicted octanol–water partition coefficient (Wildman–Crippen LogP) is 1.97. The lowest BCUT2D eigenvalue weighted by atomic mass is 9.93. The maximum atomic E-state index is 11.4. The topological polar surface area (TPSA) is 38.1 Å². The van der Waals surface area contributed by atoms with Crippen LogP contribution in [0.15, 0.2) is 18.0 Å². The smallest absolute Gasteiger partial charge is 0.177 e. The molecule has 0 radical (unpaired) electrons. The molecule has 1 fully saturated rings. The van der Waals surface area contributed by atoms with Gasteiger partial charge in [0.15, 0.2) is 5.78 Å². The van der Waals surface area contributed by atoms with E-state index in [1.807, 2.05) is 0 Å². The largest absolute Gasteiger partial charge is 0.368 e. The summed E-state index contributed by atoms with van der Waals surface area (Å²) < 4.78 is 2.05. The van der Waals surface area contributed by atoms with Crippen molar-refractivity contribution >= 4 is 5.78 Å². The fourth-order valence-corrected chi connectivity index (χ4v) is 2.44. The van der Waals surface area contributed by atoms with Gasteiger partial charge in [-0.1, -0.05) is 5.57 Å². The van der Waals surface area contributed by atoms with E-state index < -0.39 is 0 Å². The minimum absolute atomic E-state index is 0.106. The number of nitrogens with zero attached hydrogens (tertiary/aromatic N) is 3. The normalized spacial score (nSPS) is 18.6. The van der Waals surface area contributed by atoms with Crippen LogP contribution < -0.4 is 0 Å². The van der Waals surface area contributed by atoms with E-state index in [1.165, 1.54) is 19.3 Å². The van der Waals surface area contributed by atoms with Gasteiger partial charge < -0.3 is 9.47 Å². The van der Waals surface area contributed by atoms with Gasteiger partial charge in [0.05, 0.1) is 12.7 Å². The van der Waals surface area contributed by atoms with E-state index in [2.05, 4.69) is 20.7 Å². The van der Waals surface area contributed by atoms with Crippen molar-refractivity contribution in [3.05, 3.63) is 29.5 Å². The fourth-order valence-electron chi connectivity index (χ4n) is 2.44. The Kier molecular flexibility index (Phi) is 2.50. The third-order valence-electron chi connectivity index (χ3n) is 3.62. The van der Waals surface area contributed by atoms with E-state index in [-0.39, 0.29) is 5.78 Å². The lowest BCUT2D eigenvalue weighted by Crippen LogP contribution is -2.31. The Bertz CT molecular complexity index is 481. The molecule has 3 rings (SSSR count). The maximum absolute atomic E-state index is 11.4. The predicted molar refractivity (Wildman–Crippen MR) is 64.6 cm³/mol. The second-order valence-corrected chi connectivity index (χ2v) is 4.88. The summed E-state index contributed by atoms with van der Waals surface area (Å²) in [6.45, 7) is 4.28. The van der Waals surface area contributed by atoms with Crippen molar-refractivity contribution < 1.29 is 4.79 Å². The zero-order chi connectivity index (χ0) is 11.8. The number of rotatable bonds is 2. The maximum Gasteiger partial charge on any atom is 0.177 e. The van der Waals surface area contributed by atoms with Gasteiger partial charge in [-0.15, -0.1) is 0 Å². The van der Waals surface area contributed by atoms with Gasteiger partial charge in [0, 0.05) is 20.0 Å². The first kappa shape index (κ1) is 10.6. The first-order valence-electron chi connectivity index (χ1n) is 6.23. The van der Waals surface area contributed by atoms with E-state index in [9.17, 15) is 4.79 Å². The Balaban J connectivity index is 1.79. The number of imidazole rings is 1. The van der Waals surface area contributed by atoms with Crippen molar-refractivity contribution in [1.82, 2.24) is 14.5 Å². The van der Waals surface area contributed by atoms with E-state index in [0.29, 0.717) is 0 Å². The van der Waals surface area contributed by atoms with Gasteiger partial charge in [0.25, 0.3) is 0 Å². The lowest BCUT2D eigenvalue weighted by Gasteiger charge is -2.29. The molecule has 0 spiro atoms. The Hall–Kier alpha value is -1.58. The number of allylic oxidation sites excluding steroid dienone is 1. The minimum Gasteiger partial charge on any atom is -0.368 e. The molecule has 17 heavy (non-hydrogen) atoms. The number of hydrogen-bond acceptors (Lipinski definition) is 3. The zero-order valence-corrected chi connectivity index (χ0v) is 10.1. The molecular weight excluding hydrogens is 214 g/mol. The first-order valence-corrected chi connectivity index (χ1v) is 6.23. The summed E-state index contributed by atoms with van der Waals surface area (Å²) in [5.41, 5.74) is 2.30. The van der Waals surface area contributed by atoms with Crippen molar-refractivity contribution in [2.24, 2.45) is 0 Å². The van der Waals surface area contributed by atoms with Crippen molar-refractivity contribution in [3.8, 4) is 0 Å². The number of carbonyl (C=O) groups excluding carboxylic acids is 1. The van der Waals surface area contributed by atoms with Gasteiger partial charge >= 0.3 is 0 Å². The van der Waals surface area contributed by atoms with Crippen LogP contribution >= 0.6 is 0 Å². The summed E-state index contributed by atoms with van der Waals surface area (Å²) in [7, 11) is 0. The van der Waals surface area contributed by atoms with Crippen molar-refractivity contribution in [1.29, 1.82) is 0 Å². The summed E-state index contributed by atoms with van der Waals surface area (Å²) in [4.78, 5) is 18.1. The number of ketones is 1. The molecule has 1 aliphatic heterocycles. The molecule has 0 bridgehead atoms. The van der Waals surface area contributed by atoms with Gasteiger partial charge in [0.2, 0.25) is 0 Å². The quantitative estimate of drug-likeness (QED) is 0.730. The fraction of sp³-hybridized carbons (Fsp3) is 0.538. The summed E-state index contributed by atoms with van der Waals surface area (Å²) in [6.07, 6.45) is 7.84. The van der Waals surface area contributed by atoms with Crippen LogP contribution in [0.5, 0.6) is 0 Å². The third kappa shape index (κ3) is 1.88. The average molecular weight is 231 g/mol. The average Bonchev–Trinajstić information content (AvgIpc) is 2.66. The molecule has 0 aromatic carbocycles. The van der Waals surface area contributed by atoms with Crippen LogP contribution in [-0.4, -0.2) is 26.8 Å². The Labute approximate surface area is 101 Å². The standard InChI is InChI=1S/C13H17N3O/c1-10(17)12-7-14-13-9-15(5-6-16(12)13)8-11-3-2-4-11/h7-8H,2-6,9H2,1H3. The molecule has 1 saturated carbocycles. The first-order chi connectivity index (χ1) is 8.24. The van der Waals surface area contributed by atoms with Crippen LogP contribution in [-0.2, 0) is 13.1 Å². The molecule has 1 aromatic rings. The highest BCUT2D eigenvalue weighted by molar-refractivity contribution is 5.92. The number of Topliss-reactive ketones (excluding diaryl/α,β-unsaturated/α-hetero) is 1. The molecule has 4 heteroatoms. The van der Waals surface area contributed by atoms with Gasteiger partial charge in [-0.3, -0.25) is 4.79 Å². The van der Waals surface area contributed by atoms with Crippen LogP contribution in [0.3, 0.4) is 0 Å². The number of fused-ring (bicyclic) bond motifs is 1. The van der Waals surface area contributed by atoms with Crippen LogP contribution in [0.4, 0.5) is 0 Å². The molecule has 1 aliphatic carbocycles. The van der Waals surface area contributed by atoms with Gasteiger partial charge in [-0.05, 0) is 25.5 Å². The molecule has 4 nitrogen and oxygen atoms in total. The summed E-state index contributed by atoms with van der Waals surface area (Å²) >= 11 is 0. The van der Waals surface area contributed by atoms with Crippen molar-refractivity contribution in [2.45, 2.75) is 39.3 Å². The van der Waals surface area contributed by atoms with E-state index >= 15 is 0 Å². The SMILES string of the molecule is CC(=O)c1cnc2n1CCN(C=C1CCC1)C2. The number of carbonyl (C=O) groups is 1. The van der Waals surface area contributed by atoms with Crippen LogP contribution in [0.1, 0.15) is 42.5 Å². The monoisotopic (exact) mass is 231 g/mol. The Morgan fingerprint density at radius 3 is 2.88 bits per heavy atom. The molecule has 0 unspecified atom stereocenters. The molecule has 2 heterocycles. The highest BCUT2D eigenvalue weighted by Crippen LogP contribution is 2.26. The summed E-state index contributed by atoms with van der Waals surface area (Å²) in [5.74, 6) is 1.12. The molecule has 0 atom stereocenters. The van der Waals surface area contributed by atoms with Gasteiger partial charge in [0.1, 0.15) is 11.5 Å². The third-order valence-corrected chi connectivity index (χ3v) is 3.62. The van der Waals surface area contributed by atoms with E-state index in [1.54, 1.807) is 18.7 Å². The van der Waals surface area contributed by atoms with Crippen molar-refractivity contribution in [3.63, 3.8) is 0 Å². The molecular formula is C13H17N3O. The van der Waals surface area contributed by atoms with Crippen molar-refractivity contribution in [2.75, 3.05) is 6.54 Å². The molecule has 90 valence electrons. The number of aromatic nitrogens is 2. The number of hydrogen-bond donors (Lipinski definition) is 0. The lowest BCUT2D eigenvalue weighted by molar-refractivity contribution is 0.100. The Morgan fingerprint density at radius 1 is 1.41 bits per heavy atom. The van der Waals surface area contributed by atoms with Crippen LogP contribution in [0, 0.1) is 0 Å². The molecule has 0 saturated heterocycles. The molecule has 2 aliphatic rings. The van der Waals surface area contributed by atoms with E-state index in [0.717, 1.165) is 31.2 Å². The summed E-state index contributed by atoms with van der Waals surface area (Å²) in [5, 5.41) is 0. The van der Waals surface area contributed by atoms with Crippen LogP contribution in [0.2, 0.25) is 0 Å². The second kappa shape index (κ2) is 4.02. The zero-order valence-electron chi connectivity index (χ0n) is 10.1. The summed E-state index contributed by atoms with van der Waals surface area (Å²) in [6, 6.07) is 0. The minimum atomic E-state index is 0.106.